The van der Waals surface area contributed by atoms with Gasteiger partial charge in [-0.3, -0.25) is 0 Å². The smallest absolute Gasteiger partial charge is 0.283 e. The van der Waals surface area contributed by atoms with Crippen LogP contribution in [0.1, 0.15) is 41.0 Å². The lowest BCUT2D eigenvalue weighted by Crippen LogP contribution is -2.62. The van der Waals surface area contributed by atoms with Crippen LogP contribution in [0.25, 0.3) is 0 Å². The van der Waals surface area contributed by atoms with E-state index in [0.29, 0.717) is 5.92 Å². The van der Waals surface area contributed by atoms with Crippen molar-refractivity contribution in [2.75, 3.05) is 19.8 Å². The van der Waals surface area contributed by atoms with Gasteiger partial charge in [0.15, 0.2) is 0 Å². The van der Waals surface area contributed by atoms with Gasteiger partial charge in [-0.15, -0.1) is 0 Å². The van der Waals surface area contributed by atoms with Crippen LogP contribution in [0.15, 0.2) is 0 Å². The lowest BCUT2D eigenvalue weighted by molar-refractivity contribution is -0.479. The fourth-order valence-corrected chi connectivity index (χ4v) is 2.31. The van der Waals surface area contributed by atoms with Crippen molar-refractivity contribution in [1.82, 2.24) is 0 Å². The van der Waals surface area contributed by atoms with Gasteiger partial charge in [0, 0.05) is 11.8 Å². The molecule has 3 heterocycles. The largest absolute Gasteiger partial charge is 0.327 e. The van der Waals surface area contributed by atoms with Crippen molar-refractivity contribution < 1.29 is 14.2 Å². The molecule has 3 heteroatoms. The molecule has 3 aliphatic rings. The van der Waals surface area contributed by atoms with E-state index in [1.165, 1.54) is 0 Å². The van der Waals surface area contributed by atoms with Crippen molar-refractivity contribution >= 4 is 0 Å². The first-order valence-electron chi connectivity index (χ1n) is 6.19. The molecule has 3 nitrogen and oxygen atoms in total. The summed E-state index contributed by atoms with van der Waals surface area (Å²) in [5.41, 5.74) is 0.217. The summed E-state index contributed by atoms with van der Waals surface area (Å²) in [6, 6.07) is 0. The van der Waals surface area contributed by atoms with Gasteiger partial charge in [-0.1, -0.05) is 34.6 Å². The first-order chi connectivity index (χ1) is 7.27. The molecule has 3 aliphatic heterocycles. The van der Waals surface area contributed by atoms with E-state index in [1.54, 1.807) is 0 Å². The third-order valence-corrected chi connectivity index (χ3v) is 3.71. The molecular formula is C13H24O3. The molecular weight excluding hydrogens is 204 g/mol. The van der Waals surface area contributed by atoms with Crippen molar-refractivity contribution in [2.24, 2.45) is 16.7 Å². The molecule has 0 saturated carbocycles. The van der Waals surface area contributed by atoms with E-state index in [2.05, 4.69) is 34.6 Å². The quantitative estimate of drug-likeness (QED) is 0.727. The van der Waals surface area contributed by atoms with E-state index in [9.17, 15) is 0 Å². The first-order valence-corrected chi connectivity index (χ1v) is 6.19. The zero-order valence-corrected chi connectivity index (χ0v) is 11.1. The maximum absolute atomic E-state index is 5.86. The lowest BCUT2D eigenvalue weighted by Gasteiger charge is -2.54. The molecule has 2 bridgehead atoms. The molecule has 94 valence electrons. The number of fused-ring (bicyclic) bond motifs is 3. The van der Waals surface area contributed by atoms with Gasteiger partial charge in [-0.25, -0.2) is 0 Å². The van der Waals surface area contributed by atoms with E-state index in [4.69, 9.17) is 14.2 Å². The highest BCUT2D eigenvalue weighted by Crippen LogP contribution is 2.46. The van der Waals surface area contributed by atoms with E-state index in [-0.39, 0.29) is 10.8 Å². The number of hydrogen-bond donors (Lipinski definition) is 0. The van der Waals surface area contributed by atoms with E-state index >= 15 is 0 Å². The van der Waals surface area contributed by atoms with E-state index in [1.807, 2.05) is 0 Å². The van der Waals surface area contributed by atoms with Gasteiger partial charge in [0.25, 0.3) is 5.97 Å². The molecule has 0 aromatic rings. The van der Waals surface area contributed by atoms with Crippen molar-refractivity contribution in [3.63, 3.8) is 0 Å². The maximum atomic E-state index is 5.86. The van der Waals surface area contributed by atoms with Crippen LogP contribution in [0.4, 0.5) is 0 Å². The molecule has 0 unspecified atom stereocenters. The minimum Gasteiger partial charge on any atom is -0.327 e. The van der Waals surface area contributed by atoms with Crippen LogP contribution >= 0.6 is 0 Å². The Morgan fingerprint density at radius 1 is 1.00 bits per heavy atom. The Hall–Kier alpha value is -0.120. The Bertz CT molecular complexity index is 240. The molecule has 0 aliphatic carbocycles. The summed E-state index contributed by atoms with van der Waals surface area (Å²) in [7, 11) is 0. The van der Waals surface area contributed by atoms with Crippen LogP contribution in [0.3, 0.4) is 0 Å². The Kier molecular flexibility index (Phi) is 2.84. The second-order valence-electron chi connectivity index (χ2n) is 6.80. The molecule has 0 aromatic carbocycles. The standard InChI is InChI=1S/C13H24O3/c1-10(2)12-7-14-13(15-8-12,16-9-12)6-11(3,4)5/h10H,6-9H2,1-5H3. The summed E-state index contributed by atoms with van der Waals surface area (Å²) in [6.45, 7) is 13.2. The number of rotatable bonds is 2. The molecule has 3 fully saturated rings. The van der Waals surface area contributed by atoms with Gasteiger partial charge in [-0.05, 0) is 11.3 Å². The molecule has 0 amide bonds. The summed E-state index contributed by atoms with van der Waals surface area (Å²) in [5.74, 6) is -0.241. The molecule has 0 spiro atoms. The Labute approximate surface area is 98.4 Å². The van der Waals surface area contributed by atoms with Crippen molar-refractivity contribution in [1.29, 1.82) is 0 Å². The highest BCUT2D eigenvalue weighted by atomic mass is 16.9. The Morgan fingerprint density at radius 3 is 1.75 bits per heavy atom. The minimum absolute atomic E-state index is 0.0691. The predicted octanol–water partition coefficient (Wildman–Crippen LogP) is 2.80. The van der Waals surface area contributed by atoms with Crippen molar-refractivity contribution in [3.8, 4) is 0 Å². The third-order valence-electron chi connectivity index (χ3n) is 3.71. The van der Waals surface area contributed by atoms with Crippen LogP contribution in [0.2, 0.25) is 0 Å². The summed E-state index contributed by atoms with van der Waals surface area (Å²) in [6.07, 6.45) is 0.786. The molecule has 3 rings (SSSR count). The van der Waals surface area contributed by atoms with Crippen LogP contribution in [0, 0.1) is 16.7 Å². The highest BCUT2D eigenvalue weighted by molar-refractivity contribution is 4.91. The van der Waals surface area contributed by atoms with Gasteiger partial charge in [0.1, 0.15) is 0 Å². The van der Waals surface area contributed by atoms with Crippen LogP contribution in [-0.4, -0.2) is 25.8 Å². The second kappa shape index (κ2) is 3.69. The zero-order chi connectivity index (χ0) is 12.0. The fraction of sp³-hybridized carbons (Fsp3) is 1.00. The van der Waals surface area contributed by atoms with E-state index in [0.717, 1.165) is 26.2 Å². The Morgan fingerprint density at radius 2 is 1.44 bits per heavy atom. The van der Waals surface area contributed by atoms with Gasteiger partial charge in [0.05, 0.1) is 19.8 Å². The third kappa shape index (κ3) is 2.13. The van der Waals surface area contributed by atoms with Crippen molar-refractivity contribution in [3.05, 3.63) is 0 Å². The minimum atomic E-state index is -0.769. The number of ether oxygens (including phenoxy) is 3. The summed E-state index contributed by atoms with van der Waals surface area (Å²) in [4.78, 5) is 0. The molecule has 0 aromatic heterocycles. The maximum Gasteiger partial charge on any atom is 0.283 e. The predicted molar refractivity (Wildman–Crippen MR) is 61.9 cm³/mol. The highest BCUT2D eigenvalue weighted by Gasteiger charge is 2.54. The summed E-state index contributed by atoms with van der Waals surface area (Å²) < 4.78 is 17.6. The van der Waals surface area contributed by atoms with Gasteiger partial charge >= 0.3 is 0 Å². The topological polar surface area (TPSA) is 27.7 Å². The monoisotopic (exact) mass is 228 g/mol. The van der Waals surface area contributed by atoms with Crippen LogP contribution in [-0.2, 0) is 14.2 Å². The first kappa shape index (κ1) is 12.3. The summed E-state index contributed by atoms with van der Waals surface area (Å²) >= 11 is 0. The fourth-order valence-electron chi connectivity index (χ4n) is 2.31. The normalized spacial score (nSPS) is 39.4. The van der Waals surface area contributed by atoms with Gasteiger partial charge < -0.3 is 14.2 Å². The SMILES string of the molecule is CC(C)C12COC(CC(C)(C)C)(OC1)OC2. The van der Waals surface area contributed by atoms with Gasteiger partial charge in [-0.2, -0.15) is 0 Å². The second-order valence-corrected chi connectivity index (χ2v) is 6.80. The molecule has 0 N–H and O–H groups in total. The summed E-state index contributed by atoms with van der Waals surface area (Å²) in [5, 5.41) is 0. The Balaban J connectivity index is 2.06. The molecule has 16 heavy (non-hydrogen) atoms. The van der Waals surface area contributed by atoms with Gasteiger partial charge in [0.2, 0.25) is 0 Å². The average Bonchev–Trinajstić information content (AvgIpc) is 2.16. The zero-order valence-electron chi connectivity index (χ0n) is 11.1. The lowest BCUT2D eigenvalue weighted by atomic mass is 9.77. The molecule has 3 saturated heterocycles. The molecule has 0 atom stereocenters. The van der Waals surface area contributed by atoms with Crippen molar-refractivity contribution in [2.45, 2.75) is 47.0 Å². The molecule has 0 radical (unpaired) electrons. The van der Waals surface area contributed by atoms with E-state index < -0.39 is 5.97 Å². The van der Waals surface area contributed by atoms with Crippen LogP contribution in [0.5, 0.6) is 0 Å². The number of hydrogen-bond acceptors (Lipinski definition) is 3. The average molecular weight is 228 g/mol. The van der Waals surface area contributed by atoms with Crippen LogP contribution < -0.4 is 0 Å².